The van der Waals surface area contributed by atoms with E-state index < -0.39 is 11.7 Å². The summed E-state index contributed by atoms with van der Waals surface area (Å²) in [6.07, 6.45) is 3.17. The molecular formula is C12H20N2O2. The molecule has 0 radical (unpaired) electrons. The maximum atomic E-state index is 10.1. The fourth-order valence-corrected chi connectivity index (χ4v) is 1.53. The number of aromatic nitrogens is 1. The molecular weight excluding hydrogens is 204 g/mol. The van der Waals surface area contributed by atoms with Crippen LogP contribution in [-0.4, -0.2) is 28.4 Å². The zero-order chi connectivity index (χ0) is 12.2. The predicted octanol–water partition coefficient (Wildman–Crippen LogP) is 1.38. The third-order valence-electron chi connectivity index (χ3n) is 2.67. The van der Waals surface area contributed by atoms with E-state index in [9.17, 15) is 5.11 Å². The van der Waals surface area contributed by atoms with Crippen LogP contribution in [0.2, 0.25) is 0 Å². The molecule has 3 N–H and O–H groups in total. The molecule has 1 unspecified atom stereocenters. The molecule has 0 amide bonds. The first kappa shape index (κ1) is 12.9. The summed E-state index contributed by atoms with van der Waals surface area (Å²) < 4.78 is 5.49. The minimum atomic E-state index is -0.598. The van der Waals surface area contributed by atoms with Crippen molar-refractivity contribution in [1.82, 2.24) is 4.98 Å². The third kappa shape index (κ3) is 3.18. The highest BCUT2D eigenvalue weighted by Crippen LogP contribution is 2.20. The van der Waals surface area contributed by atoms with Gasteiger partial charge in [-0.1, -0.05) is 0 Å². The van der Waals surface area contributed by atoms with Gasteiger partial charge in [-0.25, -0.2) is 0 Å². The molecule has 90 valence electrons. The molecule has 1 atom stereocenters. The van der Waals surface area contributed by atoms with Crippen LogP contribution in [0.25, 0.3) is 0 Å². The molecule has 1 heterocycles. The van der Waals surface area contributed by atoms with E-state index in [1.54, 1.807) is 18.5 Å². The monoisotopic (exact) mass is 224 g/mol. The first-order valence-electron chi connectivity index (χ1n) is 5.47. The number of aliphatic hydroxyl groups excluding tert-OH is 1. The lowest BCUT2D eigenvalue weighted by Crippen LogP contribution is -2.40. The molecule has 0 saturated carbocycles. The normalized spacial score (nSPS) is 13.8. The molecule has 0 fully saturated rings. The summed E-state index contributed by atoms with van der Waals surface area (Å²) in [6, 6.07) is 1.73. The first-order chi connectivity index (χ1) is 7.47. The molecule has 1 aromatic heterocycles. The van der Waals surface area contributed by atoms with Crippen LogP contribution in [0.5, 0.6) is 0 Å². The van der Waals surface area contributed by atoms with Crippen LogP contribution in [-0.2, 0) is 11.2 Å². The highest BCUT2D eigenvalue weighted by atomic mass is 16.5. The van der Waals surface area contributed by atoms with Crippen molar-refractivity contribution >= 4 is 5.69 Å². The largest absolute Gasteiger partial charge is 0.398 e. The molecule has 4 nitrogen and oxygen atoms in total. The van der Waals surface area contributed by atoms with E-state index in [-0.39, 0.29) is 0 Å². The van der Waals surface area contributed by atoms with Crippen molar-refractivity contribution < 1.29 is 9.84 Å². The van der Waals surface area contributed by atoms with Crippen molar-refractivity contribution in [1.29, 1.82) is 0 Å². The summed E-state index contributed by atoms with van der Waals surface area (Å²) in [6.45, 7) is 6.22. The van der Waals surface area contributed by atoms with E-state index in [0.717, 1.165) is 5.56 Å². The first-order valence-corrected chi connectivity index (χ1v) is 5.47. The number of pyridine rings is 1. The maximum Gasteiger partial charge on any atom is 0.0887 e. The molecule has 0 aliphatic carbocycles. The molecule has 0 bridgehead atoms. The summed E-state index contributed by atoms with van der Waals surface area (Å²) in [7, 11) is 0. The van der Waals surface area contributed by atoms with Gasteiger partial charge in [0.2, 0.25) is 0 Å². The Morgan fingerprint density at radius 3 is 2.81 bits per heavy atom. The Labute approximate surface area is 96.5 Å². The van der Waals surface area contributed by atoms with E-state index >= 15 is 0 Å². The lowest BCUT2D eigenvalue weighted by Gasteiger charge is -2.30. The van der Waals surface area contributed by atoms with Gasteiger partial charge in [0.1, 0.15) is 0 Å². The average Bonchev–Trinajstić information content (AvgIpc) is 2.21. The van der Waals surface area contributed by atoms with Gasteiger partial charge in [0, 0.05) is 31.1 Å². The van der Waals surface area contributed by atoms with E-state index in [1.807, 2.05) is 20.8 Å². The van der Waals surface area contributed by atoms with Gasteiger partial charge >= 0.3 is 0 Å². The fourth-order valence-electron chi connectivity index (χ4n) is 1.53. The smallest absolute Gasteiger partial charge is 0.0887 e. The molecule has 0 aliphatic heterocycles. The summed E-state index contributed by atoms with van der Waals surface area (Å²) in [5.41, 5.74) is 6.73. The number of rotatable bonds is 5. The highest BCUT2D eigenvalue weighted by Gasteiger charge is 2.28. The molecule has 0 saturated heterocycles. The van der Waals surface area contributed by atoms with Crippen LogP contribution in [0.1, 0.15) is 26.3 Å². The summed E-state index contributed by atoms with van der Waals surface area (Å²) in [4.78, 5) is 3.99. The van der Waals surface area contributed by atoms with Gasteiger partial charge in [0.15, 0.2) is 0 Å². The van der Waals surface area contributed by atoms with Crippen LogP contribution >= 0.6 is 0 Å². The van der Waals surface area contributed by atoms with Crippen LogP contribution in [0, 0.1) is 0 Å². The number of hydrogen-bond acceptors (Lipinski definition) is 4. The second-order valence-corrected chi connectivity index (χ2v) is 4.33. The van der Waals surface area contributed by atoms with Crippen molar-refractivity contribution in [2.24, 2.45) is 0 Å². The number of aliphatic hydroxyl groups is 1. The Kier molecular flexibility index (Phi) is 4.26. The summed E-state index contributed by atoms with van der Waals surface area (Å²) in [5, 5.41) is 10.1. The van der Waals surface area contributed by atoms with Crippen molar-refractivity contribution in [3.8, 4) is 0 Å². The zero-order valence-corrected chi connectivity index (χ0v) is 10.1. The Bertz CT molecular complexity index is 340. The predicted molar refractivity (Wildman–Crippen MR) is 64.1 cm³/mol. The zero-order valence-electron chi connectivity index (χ0n) is 10.1. The minimum absolute atomic E-state index is 0.451. The third-order valence-corrected chi connectivity index (χ3v) is 2.67. The van der Waals surface area contributed by atoms with Gasteiger partial charge in [-0.2, -0.15) is 0 Å². The molecule has 0 aromatic carbocycles. The lowest BCUT2D eigenvalue weighted by atomic mass is 9.95. The number of hydrogen-bond donors (Lipinski definition) is 2. The van der Waals surface area contributed by atoms with Crippen molar-refractivity contribution in [3.63, 3.8) is 0 Å². The highest BCUT2D eigenvalue weighted by molar-refractivity contribution is 5.44. The topological polar surface area (TPSA) is 68.4 Å². The van der Waals surface area contributed by atoms with Crippen LogP contribution in [0.3, 0.4) is 0 Å². The second-order valence-electron chi connectivity index (χ2n) is 4.33. The fraction of sp³-hybridized carbons (Fsp3) is 0.583. The SMILES string of the molecule is CCOC(C)(C)C(O)Cc1cnccc1N. The summed E-state index contributed by atoms with van der Waals surface area (Å²) in [5.74, 6) is 0. The van der Waals surface area contributed by atoms with Gasteiger partial charge in [0.05, 0.1) is 11.7 Å². The Balaban J connectivity index is 2.71. The quantitative estimate of drug-likeness (QED) is 0.793. The van der Waals surface area contributed by atoms with Crippen molar-refractivity contribution in [2.75, 3.05) is 12.3 Å². The van der Waals surface area contributed by atoms with E-state index in [4.69, 9.17) is 10.5 Å². The number of ether oxygens (including phenoxy) is 1. The number of anilines is 1. The number of nitrogen functional groups attached to an aromatic ring is 1. The summed E-state index contributed by atoms with van der Waals surface area (Å²) >= 11 is 0. The lowest BCUT2D eigenvalue weighted by molar-refractivity contribution is -0.0954. The standard InChI is InChI=1S/C12H20N2O2/c1-4-16-12(2,3)11(15)7-9-8-14-6-5-10(9)13/h5-6,8,11,15H,4,7H2,1-3H3,(H2,13,14). The van der Waals surface area contributed by atoms with E-state index in [0.29, 0.717) is 18.7 Å². The Morgan fingerprint density at radius 1 is 1.56 bits per heavy atom. The van der Waals surface area contributed by atoms with Crippen LogP contribution in [0.15, 0.2) is 18.5 Å². The van der Waals surface area contributed by atoms with Gasteiger partial charge in [-0.15, -0.1) is 0 Å². The average molecular weight is 224 g/mol. The Hall–Kier alpha value is -1.13. The molecule has 0 spiro atoms. The van der Waals surface area contributed by atoms with Crippen LogP contribution < -0.4 is 5.73 Å². The van der Waals surface area contributed by atoms with Gasteiger partial charge in [0.25, 0.3) is 0 Å². The molecule has 16 heavy (non-hydrogen) atoms. The second kappa shape index (κ2) is 5.27. The maximum absolute atomic E-state index is 10.1. The van der Waals surface area contributed by atoms with E-state index in [1.165, 1.54) is 0 Å². The Morgan fingerprint density at radius 2 is 2.25 bits per heavy atom. The van der Waals surface area contributed by atoms with Gasteiger partial charge < -0.3 is 15.6 Å². The van der Waals surface area contributed by atoms with E-state index in [2.05, 4.69) is 4.98 Å². The van der Waals surface area contributed by atoms with Gasteiger partial charge in [-0.3, -0.25) is 4.98 Å². The minimum Gasteiger partial charge on any atom is -0.398 e. The van der Waals surface area contributed by atoms with Crippen molar-refractivity contribution in [3.05, 3.63) is 24.0 Å². The molecule has 0 aliphatic rings. The molecule has 1 rings (SSSR count). The molecule has 1 aromatic rings. The van der Waals surface area contributed by atoms with Gasteiger partial charge in [-0.05, 0) is 32.4 Å². The van der Waals surface area contributed by atoms with Crippen LogP contribution in [0.4, 0.5) is 5.69 Å². The van der Waals surface area contributed by atoms with Crippen molar-refractivity contribution in [2.45, 2.75) is 38.9 Å². The number of nitrogens with two attached hydrogens (primary N) is 1. The molecule has 4 heteroatoms. The number of nitrogens with zero attached hydrogens (tertiary/aromatic N) is 1.